The molecule has 1 aromatic carbocycles. The Bertz CT molecular complexity index is 356. The highest BCUT2D eigenvalue weighted by atomic mass is 127. The number of rotatable bonds is 7. The van der Waals surface area contributed by atoms with Crippen LogP contribution in [0.25, 0.3) is 0 Å². The molecule has 2 nitrogen and oxygen atoms in total. The molecule has 0 aliphatic rings. The molecule has 4 heteroatoms. The zero-order valence-corrected chi connectivity index (χ0v) is 14.2. The van der Waals surface area contributed by atoms with Crippen molar-refractivity contribution in [2.45, 2.75) is 34.4 Å². The summed E-state index contributed by atoms with van der Waals surface area (Å²) >= 11 is 6.12. The van der Waals surface area contributed by atoms with E-state index in [1.807, 2.05) is 6.07 Å². The van der Waals surface area contributed by atoms with Gasteiger partial charge in [-0.1, -0.05) is 68.9 Å². The summed E-state index contributed by atoms with van der Waals surface area (Å²) in [6.45, 7) is 0. The largest absolute Gasteiger partial charge is 0.469 e. The summed E-state index contributed by atoms with van der Waals surface area (Å²) < 4.78 is 5.10. The molecule has 2 unspecified atom stereocenters. The first-order valence-electron chi connectivity index (χ1n) is 6.02. The SMILES string of the molecule is COC(=O)CCC(I)C(Br)CCc1ccccc1. The van der Waals surface area contributed by atoms with E-state index in [9.17, 15) is 4.79 Å². The number of halogens is 2. The molecule has 0 heterocycles. The fourth-order valence-electron chi connectivity index (χ4n) is 1.67. The van der Waals surface area contributed by atoms with Gasteiger partial charge in [-0.15, -0.1) is 0 Å². The third-order valence-corrected chi connectivity index (χ3v) is 6.37. The van der Waals surface area contributed by atoms with E-state index < -0.39 is 0 Å². The highest BCUT2D eigenvalue weighted by Crippen LogP contribution is 2.24. The molecule has 0 N–H and O–H groups in total. The number of ether oxygens (including phenoxy) is 1. The predicted molar refractivity (Wildman–Crippen MR) is 86.5 cm³/mol. The molecule has 0 spiro atoms. The maximum atomic E-state index is 11.1. The number of esters is 1. The van der Waals surface area contributed by atoms with Gasteiger partial charge < -0.3 is 4.74 Å². The zero-order valence-electron chi connectivity index (χ0n) is 10.4. The molecule has 0 amide bonds. The van der Waals surface area contributed by atoms with E-state index in [0.717, 1.165) is 19.3 Å². The van der Waals surface area contributed by atoms with E-state index in [-0.39, 0.29) is 5.97 Å². The first-order valence-corrected chi connectivity index (χ1v) is 8.18. The van der Waals surface area contributed by atoms with Crippen molar-refractivity contribution in [2.24, 2.45) is 0 Å². The third-order valence-electron chi connectivity index (χ3n) is 2.80. The van der Waals surface area contributed by atoms with E-state index in [1.165, 1.54) is 12.7 Å². The van der Waals surface area contributed by atoms with Crippen LogP contribution in [0.2, 0.25) is 0 Å². The first kappa shape index (κ1) is 16.0. The van der Waals surface area contributed by atoms with Gasteiger partial charge in [0, 0.05) is 15.2 Å². The maximum absolute atomic E-state index is 11.1. The van der Waals surface area contributed by atoms with Gasteiger partial charge in [0.1, 0.15) is 0 Å². The molecule has 1 aromatic rings. The summed E-state index contributed by atoms with van der Waals surface area (Å²) in [6, 6.07) is 10.5. The van der Waals surface area contributed by atoms with Crippen LogP contribution in [-0.4, -0.2) is 21.8 Å². The van der Waals surface area contributed by atoms with Crippen LogP contribution in [0.15, 0.2) is 30.3 Å². The first-order chi connectivity index (χ1) is 8.63. The van der Waals surface area contributed by atoms with Gasteiger partial charge in [-0.2, -0.15) is 0 Å². The molecule has 100 valence electrons. The fraction of sp³-hybridized carbons (Fsp3) is 0.500. The van der Waals surface area contributed by atoms with Crippen LogP contribution in [0.5, 0.6) is 0 Å². The van der Waals surface area contributed by atoms with Crippen molar-refractivity contribution in [2.75, 3.05) is 7.11 Å². The molecule has 1 rings (SSSR count). The van der Waals surface area contributed by atoms with Crippen molar-refractivity contribution in [1.29, 1.82) is 0 Å². The minimum absolute atomic E-state index is 0.126. The minimum atomic E-state index is -0.126. The number of alkyl halides is 2. The molecule has 2 atom stereocenters. The van der Waals surface area contributed by atoms with Gasteiger partial charge in [-0.25, -0.2) is 0 Å². The van der Waals surface area contributed by atoms with E-state index in [4.69, 9.17) is 0 Å². The van der Waals surface area contributed by atoms with Gasteiger partial charge in [-0.05, 0) is 24.8 Å². The Morgan fingerprint density at radius 3 is 2.61 bits per heavy atom. The van der Waals surface area contributed by atoms with Gasteiger partial charge in [0.05, 0.1) is 7.11 Å². The monoisotopic (exact) mass is 424 g/mol. The Kier molecular flexibility index (Phi) is 7.90. The van der Waals surface area contributed by atoms with Gasteiger partial charge in [-0.3, -0.25) is 4.79 Å². The summed E-state index contributed by atoms with van der Waals surface area (Å²) in [4.78, 5) is 11.5. The summed E-state index contributed by atoms with van der Waals surface area (Å²) in [7, 11) is 1.44. The Labute approximate surface area is 131 Å². The van der Waals surface area contributed by atoms with Crippen molar-refractivity contribution >= 4 is 44.5 Å². The number of hydrogen-bond donors (Lipinski definition) is 0. The number of carbonyl (C=O) groups excluding carboxylic acids is 1. The summed E-state index contributed by atoms with van der Waals surface area (Å²) in [5.74, 6) is -0.126. The van der Waals surface area contributed by atoms with E-state index in [2.05, 4.69) is 67.5 Å². The van der Waals surface area contributed by atoms with Crippen LogP contribution in [0.4, 0.5) is 0 Å². The second-order valence-electron chi connectivity index (χ2n) is 4.17. The lowest BCUT2D eigenvalue weighted by atomic mass is 10.1. The lowest BCUT2D eigenvalue weighted by Gasteiger charge is -2.16. The van der Waals surface area contributed by atoms with Gasteiger partial charge >= 0.3 is 5.97 Å². The van der Waals surface area contributed by atoms with Crippen LogP contribution in [-0.2, 0) is 16.0 Å². The summed E-state index contributed by atoms with van der Waals surface area (Å²) in [5.41, 5.74) is 1.36. The smallest absolute Gasteiger partial charge is 0.305 e. The number of hydrogen-bond acceptors (Lipinski definition) is 2. The Morgan fingerprint density at radius 2 is 2.00 bits per heavy atom. The molecule has 0 bridgehead atoms. The van der Waals surface area contributed by atoms with Crippen LogP contribution in [0.3, 0.4) is 0 Å². The van der Waals surface area contributed by atoms with E-state index in [0.29, 0.717) is 15.2 Å². The van der Waals surface area contributed by atoms with Crippen molar-refractivity contribution in [3.63, 3.8) is 0 Å². The average molecular weight is 425 g/mol. The lowest BCUT2D eigenvalue weighted by molar-refractivity contribution is -0.140. The van der Waals surface area contributed by atoms with Crippen LogP contribution < -0.4 is 0 Å². The highest BCUT2D eigenvalue weighted by molar-refractivity contribution is 14.1. The molecule has 0 saturated heterocycles. The van der Waals surface area contributed by atoms with Crippen molar-refractivity contribution in [3.05, 3.63) is 35.9 Å². The third kappa shape index (κ3) is 6.18. The van der Waals surface area contributed by atoms with Gasteiger partial charge in [0.2, 0.25) is 0 Å². The molecule has 0 radical (unpaired) electrons. The predicted octanol–water partition coefficient (Wildman–Crippen LogP) is 4.14. The Morgan fingerprint density at radius 1 is 1.33 bits per heavy atom. The number of benzene rings is 1. The standard InChI is InChI=1S/C14H18BrIO2/c1-18-14(17)10-9-13(16)12(15)8-7-11-5-3-2-4-6-11/h2-6,12-13H,7-10H2,1H3. The van der Waals surface area contributed by atoms with Crippen molar-refractivity contribution in [3.8, 4) is 0 Å². The normalized spacial score (nSPS) is 13.9. The minimum Gasteiger partial charge on any atom is -0.469 e. The van der Waals surface area contributed by atoms with E-state index >= 15 is 0 Å². The van der Waals surface area contributed by atoms with Gasteiger partial charge in [0.25, 0.3) is 0 Å². The average Bonchev–Trinajstić information content (AvgIpc) is 2.42. The van der Waals surface area contributed by atoms with E-state index in [1.54, 1.807) is 0 Å². The summed E-state index contributed by atoms with van der Waals surface area (Å²) in [5, 5.41) is 0. The Hall–Kier alpha value is -0.100. The molecule has 0 aliphatic heterocycles. The second-order valence-corrected chi connectivity index (χ2v) is 6.95. The second kappa shape index (κ2) is 8.91. The molecular formula is C14H18BrIO2. The molecule has 0 saturated carbocycles. The molecular weight excluding hydrogens is 407 g/mol. The highest BCUT2D eigenvalue weighted by Gasteiger charge is 2.17. The Balaban J connectivity index is 2.27. The van der Waals surface area contributed by atoms with Crippen LogP contribution >= 0.6 is 38.5 Å². The number of aryl methyl sites for hydroxylation is 1. The molecule has 0 aliphatic carbocycles. The quantitative estimate of drug-likeness (QED) is 0.373. The fourth-order valence-corrected chi connectivity index (χ4v) is 2.83. The zero-order chi connectivity index (χ0) is 13.4. The molecule has 18 heavy (non-hydrogen) atoms. The molecule has 0 fully saturated rings. The number of carbonyl (C=O) groups is 1. The van der Waals surface area contributed by atoms with Crippen LogP contribution in [0.1, 0.15) is 24.8 Å². The topological polar surface area (TPSA) is 26.3 Å². The van der Waals surface area contributed by atoms with Crippen molar-refractivity contribution < 1.29 is 9.53 Å². The summed E-state index contributed by atoms with van der Waals surface area (Å²) in [6.07, 6.45) is 3.50. The van der Waals surface area contributed by atoms with Crippen LogP contribution in [0, 0.1) is 0 Å². The van der Waals surface area contributed by atoms with Gasteiger partial charge in [0.15, 0.2) is 0 Å². The number of methoxy groups -OCH3 is 1. The molecule has 0 aromatic heterocycles. The van der Waals surface area contributed by atoms with Crippen molar-refractivity contribution in [1.82, 2.24) is 0 Å². The lowest BCUT2D eigenvalue weighted by Crippen LogP contribution is -2.16. The maximum Gasteiger partial charge on any atom is 0.305 e.